The van der Waals surface area contributed by atoms with Crippen LogP contribution in [0.15, 0.2) is 5.38 Å². The maximum absolute atomic E-state index is 12.4. The number of piperidine rings is 1. The number of aryl methyl sites for hydroxylation is 1. The lowest BCUT2D eigenvalue weighted by atomic mass is 9.76. The van der Waals surface area contributed by atoms with Gasteiger partial charge in [-0.05, 0) is 32.7 Å². The number of halogens is 3. The monoisotopic (exact) mass is 526 g/mol. The predicted octanol–water partition coefficient (Wildman–Crippen LogP) is 1.93. The van der Waals surface area contributed by atoms with E-state index in [2.05, 4.69) is 15.3 Å². The fourth-order valence-electron chi connectivity index (χ4n) is 5.44. The molecule has 0 bridgehead atoms. The Morgan fingerprint density at radius 1 is 1.29 bits per heavy atom. The van der Waals surface area contributed by atoms with Crippen molar-refractivity contribution in [1.29, 1.82) is 0 Å². The molecule has 1 amide bonds. The molecule has 0 radical (unpaired) electrons. The first-order valence-electron chi connectivity index (χ1n) is 10.8. The Morgan fingerprint density at radius 3 is 2.41 bits per heavy atom. The number of alkyl halides is 3. The molecule has 0 saturated carbocycles. The quantitative estimate of drug-likeness (QED) is 0.641. The van der Waals surface area contributed by atoms with E-state index < -0.39 is 22.2 Å². The predicted molar refractivity (Wildman–Crippen MR) is 119 cm³/mol. The number of fused-ring (bicyclic) bond motifs is 2. The van der Waals surface area contributed by atoms with Crippen LogP contribution in [0, 0.1) is 12.3 Å². The van der Waals surface area contributed by atoms with Gasteiger partial charge in [0.1, 0.15) is 0 Å². The van der Waals surface area contributed by atoms with Crippen LogP contribution >= 0.6 is 11.3 Å². The van der Waals surface area contributed by atoms with Crippen molar-refractivity contribution in [3.63, 3.8) is 0 Å². The van der Waals surface area contributed by atoms with Gasteiger partial charge in [-0.3, -0.25) is 9.69 Å². The van der Waals surface area contributed by atoms with E-state index in [4.69, 9.17) is 9.90 Å². The molecule has 34 heavy (non-hydrogen) atoms. The normalized spacial score (nSPS) is 28.0. The number of nitrogens with zero attached hydrogens (tertiary/aromatic N) is 4. The molecule has 3 unspecified atom stereocenters. The molecule has 3 aliphatic heterocycles. The zero-order chi connectivity index (χ0) is 25.5. The van der Waals surface area contributed by atoms with Gasteiger partial charge in [0.25, 0.3) is 0 Å². The minimum absolute atomic E-state index is 0.103. The fraction of sp³-hybridized carbons (Fsp3) is 0.750. The average molecular weight is 527 g/mol. The first-order valence-corrected chi connectivity index (χ1v) is 13.5. The smallest absolute Gasteiger partial charge is 0.475 e. The molecule has 0 aromatic carbocycles. The van der Waals surface area contributed by atoms with Crippen LogP contribution in [-0.2, 0) is 26.2 Å². The van der Waals surface area contributed by atoms with Crippen molar-refractivity contribution in [3.8, 4) is 0 Å². The highest BCUT2D eigenvalue weighted by molar-refractivity contribution is 7.88. The maximum atomic E-state index is 12.4. The van der Waals surface area contributed by atoms with Crippen molar-refractivity contribution in [2.45, 2.75) is 57.9 Å². The lowest BCUT2D eigenvalue weighted by molar-refractivity contribution is -0.192. The molecule has 3 atom stereocenters. The van der Waals surface area contributed by atoms with Crippen LogP contribution in [0.25, 0.3) is 0 Å². The van der Waals surface area contributed by atoms with Crippen LogP contribution in [0.5, 0.6) is 0 Å². The molecule has 1 spiro atoms. The Kier molecular flexibility index (Phi) is 7.66. The van der Waals surface area contributed by atoms with Crippen molar-refractivity contribution >= 4 is 33.2 Å². The van der Waals surface area contributed by atoms with Crippen molar-refractivity contribution in [2.24, 2.45) is 5.41 Å². The summed E-state index contributed by atoms with van der Waals surface area (Å²) in [5, 5.41) is 10.3. The van der Waals surface area contributed by atoms with Crippen molar-refractivity contribution in [1.82, 2.24) is 19.1 Å². The van der Waals surface area contributed by atoms with Crippen molar-refractivity contribution < 1.29 is 36.3 Å². The van der Waals surface area contributed by atoms with E-state index in [9.17, 15) is 26.4 Å². The number of carbonyl (C=O) groups is 2. The molecule has 9 nitrogen and oxygen atoms in total. The number of aromatic nitrogens is 1. The number of carboxylic acid groups (broad SMARTS) is 1. The molecule has 1 aromatic heterocycles. The Labute approximate surface area is 200 Å². The minimum atomic E-state index is -5.08. The van der Waals surface area contributed by atoms with Crippen molar-refractivity contribution in [2.75, 3.05) is 32.4 Å². The molecule has 3 saturated heterocycles. The first-order chi connectivity index (χ1) is 15.6. The van der Waals surface area contributed by atoms with Crippen LogP contribution in [0.2, 0.25) is 0 Å². The van der Waals surface area contributed by atoms with E-state index in [0.29, 0.717) is 19.6 Å². The standard InChI is InChI=1S/C18H28N4O3S2.C2HF3O2/c1-13-19-15(10-26-13)9-20-7-4-5-16-17(20)18(12-22(16)14(2)23)6-8-21(11-18)27(3,24)25;3-2(4,5)1(6)7/h10,16-17H,4-9,11-12H2,1-3H3;(H,6,7). The van der Waals surface area contributed by atoms with Crippen LogP contribution in [0.4, 0.5) is 13.2 Å². The molecule has 192 valence electrons. The molecule has 4 heterocycles. The van der Waals surface area contributed by atoms with Gasteiger partial charge in [0.15, 0.2) is 0 Å². The highest BCUT2D eigenvalue weighted by Gasteiger charge is 2.59. The number of likely N-dealkylation sites (tertiary alicyclic amines) is 2. The van der Waals surface area contributed by atoms with Gasteiger partial charge in [0.2, 0.25) is 15.9 Å². The zero-order valence-corrected chi connectivity index (χ0v) is 20.8. The fourth-order valence-corrected chi connectivity index (χ4v) is 6.96. The van der Waals surface area contributed by atoms with E-state index in [1.807, 2.05) is 11.8 Å². The summed E-state index contributed by atoms with van der Waals surface area (Å²) in [6, 6.07) is 0.374. The highest BCUT2D eigenvalue weighted by Crippen LogP contribution is 2.49. The molecule has 1 N–H and O–H groups in total. The number of carboxylic acids is 1. The lowest BCUT2D eigenvalue weighted by Crippen LogP contribution is -2.55. The number of hydrogen-bond donors (Lipinski definition) is 1. The van der Waals surface area contributed by atoms with Gasteiger partial charge in [0, 0.05) is 56.0 Å². The molecular formula is C20H29F3N4O5S2. The third-order valence-electron chi connectivity index (χ3n) is 6.71. The molecule has 3 aliphatic rings. The lowest BCUT2D eigenvalue weighted by Gasteiger charge is -2.44. The number of sulfonamides is 1. The molecule has 14 heteroatoms. The topological polar surface area (TPSA) is 111 Å². The largest absolute Gasteiger partial charge is 0.490 e. The average Bonchev–Trinajstić information content (AvgIpc) is 3.40. The van der Waals surface area contributed by atoms with Crippen molar-refractivity contribution in [3.05, 3.63) is 16.1 Å². The van der Waals surface area contributed by atoms with Gasteiger partial charge in [0.05, 0.1) is 17.0 Å². The van der Waals surface area contributed by atoms with Crippen LogP contribution in [0.3, 0.4) is 0 Å². The summed E-state index contributed by atoms with van der Waals surface area (Å²) < 4.78 is 57.6. The van der Waals surface area contributed by atoms with Crippen LogP contribution < -0.4 is 0 Å². The third-order valence-corrected chi connectivity index (χ3v) is 8.79. The zero-order valence-electron chi connectivity index (χ0n) is 19.2. The number of hydrogen-bond acceptors (Lipinski definition) is 7. The highest BCUT2D eigenvalue weighted by atomic mass is 32.2. The SMILES string of the molecule is CC(=O)N1CC2(CCN(S(C)(=O)=O)C2)C2C1CCCN2Cc1csc(C)n1.O=C(O)C(F)(F)F. The summed E-state index contributed by atoms with van der Waals surface area (Å²) in [6.45, 7) is 7.14. The minimum Gasteiger partial charge on any atom is -0.475 e. The Balaban J connectivity index is 0.000000406. The molecule has 3 fully saturated rings. The summed E-state index contributed by atoms with van der Waals surface area (Å²) in [5.41, 5.74) is 0.901. The summed E-state index contributed by atoms with van der Waals surface area (Å²) in [4.78, 5) is 30.4. The maximum Gasteiger partial charge on any atom is 0.490 e. The molecular weight excluding hydrogens is 497 g/mol. The van der Waals surface area contributed by atoms with E-state index in [0.717, 1.165) is 43.1 Å². The number of aliphatic carboxylic acids is 1. The van der Waals surface area contributed by atoms with Gasteiger partial charge < -0.3 is 10.0 Å². The Bertz CT molecular complexity index is 1030. The Hall–Kier alpha value is -1.77. The van der Waals surface area contributed by atoms with Crippen LogP contribution in [0.1, 0.15) is 36.9 Å². The summed E-state index contributed by atoms with van der Waals surface area (Å²) >= 11 is 1.66. The van der Waals surface area contributed by atoms with Gasteiger partial charge in [-0.1, -0.05) is 0 Å². The van der Waals surface area contributed by atoms with Gasteiger partial charge in [-0.2, -0.15) is 13.2 Å². The third kappa shape index (κ3) is 5.71. The van der Waals surface area contributed by atoms with Gasteiger partial charge in [-0.25, -0.2) is 22.5 Å². The van der Waals surface area contributed by atoms with Gasteiger partial charge >= 0.3 is 12.1 Å². The summed E-state index contributed by atoms with van der Waals surface area (Å²) in [6.07, 6.45) is -0.924. The van der Waals surface area contributed by atoms with Gasteiger partial charge in [-0.15, -0.1) is 11.3 Å². The second kappa shape index (κ2) is 9.70. The van der Waals surface area contributed by atoms with E-state index in [-0.39, 0.29) is 23.4 Å². The molecule has 0 aliphatic carbocycles. The van der Waals surface area contributed by atoms with E-state index in [1.54, 1.807) is 22.6 Å². The summed E-state index contributed by atoms with van der Waals surface area (Å²) in [5.74, 6) is -2.65. The number of thiazole rings is 1. The van der Waals surface area contributed by atoms with E-state index >= 15 is 0 Å². The van der Waals surface area contributed by atoms with E-state index in [1.165, 1.54) is 6.26 Å². The number of carbonyl (C=O) groups excluding carboxylic acids is 1. The second-order valence-electron chi connectivity index (χ2n) is 9.14. The summed E-state index contributed by atoms with van der Waals surface area (Å²) in [7, 11) is -3.21. The first kappa shape index (κ1) is 26.8. The number of amides is 1. The molecule has 1 aromatic rings. The molecule has 4 rings (SSSR count). The Morgan fingerprint density at radius 2 is 1.94 bits per heavy atom. The second-order valence-corrected chi connectivity index (χ2v) is 12.2. The van der Waals surface area contributed by atoms with Crippen LogP contribution in [-0.4, -0.2) is 95.2 Å². The number of rotatable bonds is 3.